The number of hydrogen-bond acceptors (Lipinski definition) is 8. The summed E-state index contributed by atoms with van der Waals surface area (Å²) in [4.78, 5) is 24.7. The first-order chi connectivity index (χ1) is 14.8. The van der Waals surface area contributed by atoms with Crippen LogP contribution in [0.4, 0.5) is 5.82 Å². The average molecular weight is 459 g/mol. The zero-order valence-corrected chi connectivity index (χ0v) is 17.5. The number of aromatic nitrogens is 4. The van der Waals surface area contributed by atoms with Gasteiger partial charge in [-0.2, -0.15) is 5.26 Å². The maximum atomic E-state index is 13.2. The van der Waals surface area contributed by atoms with Gasteiger partial charge in [0.15, 0.2) is 9.84 Å². The van der Waals surface area contributed by atoms with E-state index in [-0.39, 0.29) is 46.6 Å². The van der Waals surface area contributed by atoms with Crippen LogP contribution in [0.15, 0.2) is 48.0 Å². The Kier molecular flexibility index (Phi) is 5.34. The molecule has 3 heterocycles. The van der Waals surface area contributed by atoms with Gasteiger partial charge in [-0.3, -0.25) is 0 Å². The van der Waals surface area contributed by atoms with Gasteiger partial charge >= 0.3 is 5.97 Å². The summed E-state index contributed by atoms with van der Waals surface area (Å²) in [5, 5.41) is 17.7. The van der Waals surface area contributed by atoms with E-state index in [0.29, 0.717) is 5.69 Å². The van der Waals surface area contributed by atoms with Crippen LogP contribution in [0, 0.1) is 11.3 Å². The average Bonchev–Trinajstić information content (AvgIpc) is 3.45. The topological polar surface area (TPSA) is 142 Å². The first-order valence-electron chi connectivity index (χ1n) is 9.08. The fourth-order valence-electron chi connectivity index (χ4n) is 3.46. The SMILES string of the molecule is N#Cc1ncc(C(=O)O)c(N2CC[C@H](S(=O)(=O)c3ccc(-n4ccnc4)cc3Cl)C2)n1. The van der Waals surface area contributed by atoms with Crippen LogP contribution in [-0.2, 0) is 9.84 Å². The van der Waals surface area contributed by atoms with E-state index in [1.165, 1.54) is 6.07 Å². The Bertz CT molecular complexity index is 1300. The van der Waals surface area contributed by atoms with Crippen LogP contribution in [-0.4, -0.2) is 57.4 Å². The van der Waals surface area contributed by atoms with Crippen LogP contribution in [0.2, 0.25) is 5.02 Å². The lowest BCUT2D eigenvalue weighted by Gasteiger charge is -2.19. The van der Waals surface area contributed by atoms with Crippen molar-refractivity contribution in [3.8, 4) is 11.8 Å². The number of benzene rings is 1. The number of sulfone groups is 1. The predicted molar refractivity (Wildman–Crippen MR) is 110 cm³/mol. The van der Waals surface area contributed by atoms with Crippen LogP contribution in [0.25, 0.3) is 5.69 Å². The maximum Gasteiger partial charge on any atom is 0.341 e. The third kappa shape index (κ3) is 3.83. The monoisotopic (exact) mass is 458 g/mol. The van der Waals surface area contributed by atoms with Gasteiger partial charge in [0.05, 0.1) is 21.5 Å². The number of carboxylic acids is 1. The molecule has 1 atom stereocenters. The minimum Gasteiger partial charge on any atom is -0.477 e. The minimum atomic E-state index is -3.80. The molecule has 1 aliphatic heterocycles. The number of aromatic carboxylic acids is 1. The molecule has 31 heavy (non-hydrogen) atoms. The molecule has 0 aliphatic carbocycles. The van der Waals surface area contributed by atoms with E-state index >= 15 is 0 Å². The molecule has 1 fully saturated rings. The van der Waals surface area contributed by atoms with E-state index in [1.54, 1.807) is 46.4 Å². The Morgan fingerprint density at radius 2 is 2.16 bits per heavy atom. The van der Waals surface area contributed by atoms with Gasteiger partial charge in [-0.15, -0.1) is 0 Å². The van der Waals surface area contributed by atoms with Gasteiger partial charge < -0.3 is 14.6 Å². The molecule has 0 saturated carbocycles. The minimum absolute atomic E-state index is 0.00346. The Morgan fingerprint density at radius 1 is 1.35 bits per heavy atom. The summed E-state index contributed by atoms with van der Waals surface area (Å²) >= 11 is 6.31. The molecular formula is C19H15ClN6O4S. The zero-order valence-electron chi connectivity index (χ0n) is 15.9. The van der Waals surface area contributed by atoms with Crippen molar-refractivity contribution in [1.82, 2.24) is 19.5 Å². The molecule has 1 N–H and O–H groups in total. The number of carboxylic acid groups (broad SMARTS) is 1. The zero-order chi connectivity index (χ0) is 22.2. The normalized spacial score (nSPS) is 16.3. The van der Waals surface area contributed by atoms with Crippen molar-refractivity contribution in [2.45, 2.75) is 16.6 Å². The van der Waals surface area contributed by atoms with E-state index < -0.39 is 21.1 Å². The molecule has 4 rings (SSSR count). The highest BCUT2D eigenvalue weighted by Crippen LogP contribution is 2.32. The number of carbonyl (C=O) groups is 1. The summed E-state index contributed by atoms with van der Waals surface area (Å²) < 4.78 is 28.2. The second-order valence-electron chi connectivity index (χ2n) is 6.83. The Hall–Kier alpha value is -3.49. The first-order valence-corrected chi connectivity index (χ1v) is 11.0. The molecule has 0 unspecified atom stereocenters. The third-order valence-electron chi connectivity index (χ3n) is 5.01. The van der Waals surface area contributed by atoms with Gasteiger partial charge in [-0.25, -0.2) is 28.2 Å². The van der Waals surface area contributed by atoms with Gasteiger partial charge in [-0.1, -0.05) is 11.6 Å². The van der Waals surface area contributed by atoms with E-state index in [9.17, 15) is 18.3 Å². The number of nitrogens with zero attached hydrogens (tertiary/aromatic N) is 6. The van der Waals surface area contributed by atoms with Gasteiger partial charge in [0.2, 0.25) is 5.82 Å². The van der Waals surface area contributed by atoms with E-state index in [2.05, 4.69) is 15.0 Å². The molecule has 158 valence electrons. The second kappa shape index (κ2) is 7.98. The van der Waals surface area contributed by atoms with Crippen LogP contribution < -0.4 is 4.90 Å². The van der Waals surface area contributed by atoms with Gasteiger partial charge in [0, 0.05) is 37.4 Å². The van der Waals surface area contributed by atoms with Crippen molar-refractivity contribution in [2.75, 3.05) is 18.0 Å². The lowest BCUT2D eigenvalue weighted by atomic mass is 10.3. The summed E-state index contributed by atoms with van der Waals surface area (Å²) in [5.74, 6) is -1.42. The lowest BCUT2D eigenvalue weighted by molar-refractivity contribution is 0.0696. The molecule has 0 bridgehead atoms. The number of hydrogen-bond donors (Lipinski definition) is 1. The van der Waals surface area contributed by atoms with Crippen molar-refractivity contribution < 1.29 is 18.3 Å². The molecule has 0 spiro atoms. The molecule has 12 heteroatoms. The largest absolute Gasteiger partial charge is 0.477 e. The van der Waals surface area contributed by atoms with Crippen LogP contribution in [0.3, 0.4) is 0 Å². The summed E-state index contributed by atoms with van der Waals surface area (Å²) in [6.07, 6.45) is 6.20. The lowest BCUT2D eigenvalue weighted by Crippen LogP contribution is -2.29. The van der Waals surface area contributed by atoms with Crippen molar-refractivity contribution in [3.63, 3.8) is 0 Å². The maximum absolute atomic E-state index is 13.2. The molecule has 2 aromatic heterocycles. The van der Waals surface area contributed by atoms with Crippen LogP contribution in [0.5, 0.6) is 0 Å². The Labute approximate surface area is 182 Å². The molecule has 10 nitrogen and oxygen atoms in total. The number of imidazole rings is 1. The number of anilines is 1. The van der Waals surface area contributed by atoms with Gasteiger partial charge in [-0.05, 0) is 24.6 Å². The molecule has 1 aliphatic rings. The van der Waals surface area contributed by atoms with Crippen molar-refractivity contribution in [2.24, 2.45) is 0 Å². The van der Waals surface area contributed by atoms with E-state index in [0.717, 1.165) is 6.20 Å². The number of rotatable bonds is 5. The van der Waals surface area contributed by atoms with Gasteiger partial charge in [0.25, 0.3) is 0 Å². The van der Waals surface area contributed by atoms with Crippen molar-refractivity contribution >= 4 is 33.2 Å². The quantitative estimate of drug-likeness (QED) is 0.606. The molecule has 0 radical (unpaired) electrons. The summed E-state index contributed by atoms with van der Waals surface area (Å²) in [6, 6.07) is 6.41. The molecular weight excluding hydrogens is 444 g/mol. The van der Waals surface area contributed by atoms with Crippen LogP contribution >= 0.6 is 11.6 Å². The molecule has 1 aromatic carbocycles. The third-order valence-corrected chi connectivity index (χ3v) is 7.66. The number of halogens is 1. The highest BCUT2D eigenvalue weighted by atomic mass is 35.5. The Balaban J connectivity index is 1.62. The standard InChI is InChI=1S/C19H15ClN6O4S/c20-15-7-12(26-6-4-22-11-26)1-2-16(15)31(29,30)13-3-5-25(10-13)18-14(19(27)28)9-23-17(8-21)24-18/h1-2,4,6-7,9,11,13H,3,5,10H2,(H,27,28)/t13-/m0/s1. The fourth-order valence-corrected chi connectivity index (χ4v) is 5.70. The highest BCUT2D eigenvalue weighted by molar-refractivity contribution is 7.92. The molecule has 3 aromatic rings. The fraction of sp³-hybridized carbons (Fsp3) is 0.211. The van der Waals surface area contributed by atoms with E-state index in [1.807, 2.05) is 0 Å². The second-order valence-corrected chi connectivity index (χ2v) is 9.44. The molecule has 0 amide bonds. The van der Waals surface area contributed by atoms with Crippen molar-refractivity contribution in [1.29, 1.82) is 5.26 Å². The summed E-state index contributed by atoms with van der Waals surface area (Å²) in [6.45, 7) is 0.279. The van der Waals surface area contributed by atoms with E-state index in [4.69, 9.17) is 16.9 Å². The van der Waals surface area contributed by atoms with Crippen LogP contribution in [0.1, 0.15) is 22.6 Å². The van der Waals surface area contributed by atoms with Gasteiger partial charge in [0.1, 0.15) is 17.5 Å². The first kappa shape index (κ1) is 20.8. The molecule has 1 saturated heterocycles. The highest BCUT2D eigenvalue weighted by Gasteiger charge is 2.37. The van der Waals surface area contributed by atoms with Crippen molar-refractivity contribution in [3.05, 3.63) is 59.5 Å². The summed E-state index contributed by atoms with van der Waals surface area (Å²) in [5.41, 5.74) is 0.477. The Morgan fingerprint density at radius 3 is 2.81 bits per heavy atom. The summed E-state index contributed by atoms with van der Waals surface area (Å²) in [7, 11) is -3.80. The predicted octanol–water partition coefficient (Wildman–Crippen LogP) is 1.94. The smallest absolute Gasteiger partial charge is 0.341 e. The number of nitriles is 1.